The van der Waals surface area contributed by atoms with Crippen molar-refractivity contribution in [2.24, 2.45) is 0 Å². The van der Waals surface area contributed by atoms with Crippen LogP contribution in [0.3, 0.4) is 0 Å². The molecule has 0 atom stereocenters. The molecular formula is C12H17Cl2NO2. The van der Waals surface area contributed by atoms with Gasteiger partial charge in [-0.25, -0.2) is 0 Å². The van der Waals surface area contributed by atoms with E-state index in [9.17, 15) is 5.11 Å². The second kappa shape index (κ2) is 7.07. The Kier molecular flexibility index (Phi) is 6.06. The number of phenolic OH excluding ortho intramolecular Hbond substituents is 1. The fourth-order valence-corrected chi connectivity index (χ4v) is 1.88. The van der Waals surface area contributed by atoms with E-state index in [0.717, 1.165) is 0 Å². The third-order valence-corrected chi connectivity index (χ3v) is 2.66. The van der Waals surface area contributed by atoms with E-state index in [4.69, 9.17) is 27.9 Å². The van der Waals surface area contributed by atoms with E-state index < -0.39 is 0 Å². The third kappa shape index (κ3) is 5.13. The summed E-state index contributed by atoms with van der Waals surface area (Å²) in [6.45, 7) is 5.83. The fraction of sp³-hybridized carbons (Fsp3) is 0.500. The van der Waals surface area contributed by atoms with Crippen molar-refractivity contribution < 1.29 is 9.84 Å². The molecule has 0 fully saturated rings. The van der Waals surface area contributed by atoms with Gasteiger partial charge >= 0.3 is 0 Å². The predicted octanol–water partition coefficient (Wildman–Crippen LogP) is 3.21. The monoisotopic (exact) mass is 277 g/mol. The normalized spacial score (nSPS) is 11.1. The van der Waals surface area contributed by atoms with Gasteiger partial charge in [0.15, 0.2) is 0 Å². The predicted molar refractivity (Wildman–Crippen MR) is 70.9 cm³/mol. The maximum absolute atomic E-state index is 9.70. The molecule has 5 heteroatoms. The highest BCUT2D eigenvalue weighted by molar-refractivity contribution is 6.35. The van der Waals surface area contributed by atoms with Gasteiger partial charge in [-0.05, 0) is 26.0 Å². The quantitative estimate of drug-likeness (QED) is 0.785. The van der Waals surface area contributed by atoms with Crippen molar-refractivity contribution in [1.82, 2.24) is 5.32 Å². The van der Waals surface area contributed by atoms with Crippen molar-refractivity contribution in [3.8, 4) is 5.75 Å². The molecule has 0 spiro atoms. The van der Waals surface area contributed by atoms with Crippen LogP contribution in [-0.2, 0) is 11.3 Å². The van der Waals surface area contributed by atoms with Crippen molar-refractivity contribution in [3.63, 3.8) is 0 Å². The molecule has 0 saturated heterocycles. The molecule has 0 aliphatic rings. The van der Waals surface area contributed by atoms with E-state index in [1.807, 2.05) is 13.8 Å². The summed E-state index contributed by atoms with van der Waals surface area (Å²) in [7, 11) is 0. The summed E-state index contributed by atoms with van der Waals surface area (Å²) in [4.78, 5) is 0. The summed E-state index contributed by atoms with van der Waals surface area (Å²) < 4.78 is 5.38. The lowest BCUT2D eigenvalue weighted by Crippen LogP contribution is -2.21. The Hall–Kier alpha value is -0.480. The summed E-state index contributed by atoms with van der Waals surface area (Å²) in [5, 5.41) is 13.6. The van der Waals surface area contributed by atoms with Gasteiger partial charge in [0.2, 0.25) is 0 Å². The van der Waals surface area contributed by atoms with E-state index in [1.54, 1.807) is 6.07 Å². The minimum absolute atomic E-state index is 0.0772. The summed E-state index contributed by atoms with van der Waals surface area (Å²) in [5.74, 6) is 0.0772. The third-order valence-electron chi connectivity index (χ3n) is 2.15. The zero-order valence-corrected chi connectivity index (χ0v) is 11.5. The molecule has 2 N–H and O–H groups in total. The Morgan fingerprint density at radius 3 is 2.71 bits per heavy atom. The van der Waals surface area contributed by atoms with Crippen LogP contribution in [-0.4, -0.2) is 24.4 Å². The molecule has 1 rings (SSSR count). The highest BCUT2D eigenvalue weighted by Gasteiger charge is 2.07. The Labute approximate surface area is 112 Å². The van der Waals surface area contributed by atoms with Crippen molar-refractivity contribution in [2.75, 3.05) is 13.2 Å². The molecule has 0 amide bonds. The van der Waals surface area contributed by atoms with Gasteiger partial charge in [-0.1, -0.05) is 23.2 Å². The number of hydrogen-bond acceptors (Lipinski definition) is 3. The summed E-state index contributed by atoms with van der Waals surface area (Å²) >= 11 is 11.7. The summed E-state index contributed by atoms with van der Waals surface area (Å²) in [5.41, 5.74) is 0.687. The largest absolute Gasteiger partial charge is 0.506 e. The van der Waals surface area contributed by atoms with Crippen LogP contribution in [0.5, 0.6) is 5.75 Å². The van der Waals surface area contributed by atoms with Crippen molar-refractivity contribution in [3.05, 3.63) is 27.7 Å². The molecule has 0 aromatic heterocycles. The molecule has 0 unspecified atom stereocenters. The van der Waals surface area contributed by atoms with Gasteiger partial charge < -0.3 is 15.2 Å². The minimum Gasteiger partial charge on any atom is -0.506 e. The van der Waals surface area contributed by atoms with Gasteiger partial charge in [0.05, 0.1) is 17.7 Å². The average molecular weight is 278 g/mol. The summed E-state index contributed by atoms with van der Waals surface area (Å²) in [6, 6.07) is 3.21. The van der Waals surface area contributed by atoms with Crippen LogP contribution >= 0.6 is 23.2 Å². The number of ether oxygens (including phenoxy) is 1. The molecule has 17 heavy (non-hydrogen) atoms. The number of halogens is 2. The van der Waals surface area contributed by atoms with Crippen LogP contribution in [0.15, 0.2) is 12.1 Å². The summed E-state index contributed by atoms with van der Waals surface area (Å²) in [6.07, 6.45) is 0.228. The molecule has 0 saturated carbocycles. The van der Waals surface area contributed by atoms with Crippen LogP contribution in [0.25, 0.3) is 0 Å². The van der Waals surface area contributed by atoms with E-state index in [2.05, 4.69) is 5.32 Å². The first-order valence-corrected chi connectivity index (χ1v) is 6.25. The lowest BCUT2D eigenvalue weighted by molar-refractivity contribution is 0.0807. The first-order chi connectivity index (χ1) is 8.00. The smallest absolute Gasteiger partial charge is 0.138 e. The number of nitrogens with one attached hydrogen (secondary N) is 1. The highest BCUT2D eigenvalue weighted by Crippen LogP contribution is 2.30. The minimum atomic E-state index is 0.0772. The second-order valence-corrected chi connectivity index (χ2v) is 4.84. The molecule has 0 radical (unpaired) electrons. The maximum Gasteiger partial charge on any atom is 0.138 e. The number of rotatable bonds is 6. The van der Waals surface area contributed by atoms with E-state index in [1.165, 1.54) is 6.07 Å². The number of benzene rings is 1. The molecule has 1 aromatic rings. The van der Waals surface area contributed by atoms with Gasteiger partial charge in [-0.3, -0.25) is 0 Å². The highest BCUT2D eigenvalue weighted by atomic mass is 35.5. The molecule has 0 aliphatic heterocycles. The Balaban J connectivity index is 2.41. The van der Waals surface area contributed by atoms with Crippen LogP contribution in [0.1, 0.15) is 19.4 Å². The SMILES string of the molecule is CC(C)OCCNCc1cc(Cl)cc(Cl)c1O. The van der Waals surface area contributed by atoms with Crippen LogP contribution < -0.4 is 5.32 Å². The maximum atomic E-state index is 9.70. The first kappa shape index (κ1) is 14.6. The van der Waals surface area contributed by atoms with Crippen LogP contribution in [0.2, 0.25) is 10.0 Å². The molecule has 0 heterocycles. The van der Waals surface area contributed by atoms with Gasteiger partial charge in [0, 0.05) is 23.7 Å². The average Bonchev–Trinajstić information content (AvgIpc) is 2.23. The Morgan fingerprint density at radius 2 is 2.06 bits per heavy atom. The molecule has 3 nitrogen and oxygen atoms in total. The number of hydrogen-bond donors (Lipinski definition) is 2. The lowest BCUT2D eigenvalue weighted by Gasteiger charge is -2.10. The van der Waals surface area contributed by atoms with Crippen molar-refractivity contribution in [1.29, 1.82) is 0 Å². The molecule has 1 aromatic carbocycles. The molecular weight excluding hydrogens is 261 g/mol. The van der Waals surface area contributed by atoms with E-state index in [-0.39, 0.29) is 16.9 Å². The standard InChI is InChI=1S/C12H17Cl2NO2/c1-8(2)17-4-3-15-7-9-5-10(13)6-11(14)12(9)16/h5-6,8,15-16H,3-4,7H2,1-2H3. The van der Waals surface area contributed by atoms with Crippen molar-refractivity contribution in [2.45, 2.75) is 26.5 Å². The fourth-order valence-electron chi connectivity index (χ4n) is 1.34. The van der Waals surface area contributed by atoms with Gasteiger partial charge in [0.25, 0.3) is 0 Å². The lowest BCUT2D eigenvalue weighted by atomic mass is 10.2. The zero-order chi connectivity index (χ0) is 12.8. The second-order valence-electron chi connectivity index (χ2n) is 3.99. The Morgan fingerprint density at radius 1 is 1.35 bits per heavy atom. The van der Waals surface area contributed by atoms with Gasteiger partial charge in [-0.15, -0.1) is 0 Å². The van der Waals surface area contributed by atoms with Crippen molar-refractivity contribution >= 4 is 23.2 Å². The number of phenols is 1. The van der Waals surface area contributed by atoms with E-state index >= 15 is 0 Å². The Bertz CT molecular complexity index is 370. The topological polar surface area (TPSA) is 41.5 Å². The zero-order valence-electron chi connectivity index (χ0n) is 9.96. The van der Waals surface area contributed by atoms with E-state index in [0.29, 0.717) is 30.3 Å². The molecule has 96 valence electrons. The van der Waals surface area contributed by atoms with Gasteiger partial charge in [-0.2, -0.15) is 0 Å². The van der Waals surface area contributed by atoms with Crippen LogP contribution in [0, 0.1) is 0 Å². The first-order valence-electron chi connectivity index (χ1n) is 5.50. The van der Waals surface area contributed by atoms with Gasteiger partial charge in [0.1, 0.15) is 5.75 Å². The molecule has 0 aliphatic carbocycles. The van der Waals surface area contributed by atoms with Crippen LogP contribution in [0.4, 0.5) is 0 Å². The molecule has 0 bridgehead atoms. The number of aromatic hydroxyl groups is 1.